The zero-order valence-corrected chi connectivity index (χ0v) is 18.2. The van der Waals surface area contributed by atoms with Gasteiger partial charge in [0.2, 0.25) is 0 Å². The van der Waals surface area contributed by atoms with E-state index in [4.69, 9.17) is 4.52 Å². The van der Waals surface area contributed by atoms with Crippen LogP contribution in [0.15, 0.2) is 59.6 Å². The van der Waals surface area contributed by atoms with Crippen molar-refractivity contribution in [1.82, 2.24) is 30.0 Å². The number of carbonyl (C=O) groups excluding carboxylic acids is 1. The van der Waals surface area contributed by atoms with Crippen molar-refractivity contribution in [2.75, 3.05) is 0 Å². The summed E-state index contributed by atoms with van der Waals surface area (Å²) in [5.74, 6) is 0.749. The van der Waals surface area contributed by atoms with E-state index < -0.39 is 0 Å². The molecule has 0 fully saturated rings. The van der Waals surface area contributed by atoms with E-state index in [1.807, 2.05) is 33.8 Å². The van der Waals surface area contributed by atoms with Gasteiger partial charge >= 0.3 is 0 Å². The fraction of sp³-hybridized carbons (Fsp3) is 0.261. The predicted molar refractivity (Wildman–Crippen MR) is 116 cm³/mol. The molecule has 8 nitrogen and oxygen atoms in total. The first kappa shape index (κ1) is 21.4. The van der Waals surface area contributed by atoms with Gasteiger partial charge in [-0.2, -0.15) is 4.98 Å². The maximum atomic E-state index is 13.1. The van der Waals surface area contributed by atoms with Crippen LogP contribution in [0.3, 0.4) is 0 Å². The summed E-state index contributed by atoms with van der Waals surface area (Å²) in [5.41, 5.74) is 1.37. The van der Waals surface area contributed by atoms with Crippen molar-refractivity contribution >= 4 is 5.91 Å². The Kier molecular flexibility index (Phi) is 5.56. The highest BCUT2D eigenvalue weighted by molar-refractivity contribution is 5.92. The maximum absolute atomic E-state index is 13.1. The number of carbonyl (C=O) groups is 1. The Morgan fingerprint density at radius 1 is 1.16 bits per heavy atom. The molecule has 4 rings (SSSR count). The third kappa shape index (κ3) is 4.41. The molecule has 0 saturated heterocycles. The van der Waals surface area contributed by atoms with Crippen LogP contribution in [0.4, 0.5) is 4.39 Å². The molecule has 1 amide bonds. The topological polar surface area (TPSA) is 98.7 Å². The van der Waals surface area contributed by atoms with Crippen LogP contribution in [0.5, 0.6) is 0 Å². The minimum absolute atomic E-state index is 0.219. The Morgan fingerprint density at radius 3 is 2.59 bits per heavy atom. The second-order valence-corrected chi connectivity index (χ2v) is 8.46. The van der Waals surface area contributed by atoms with E-state index in [1.54, 1.807) is 35.2 Å². The highest BCUT2D eigenvalue weighted by Crippen LogP contribution is 2.27. The van der Waals surface area contributed by atoms with Crippen LogP contribution in [-0.2, 0) is 5.41 Å². The summed E-state index contributed by atoms with van der Waals surface area (Å²) in [7, 11) is 0. The first-order valence-corrected chi connectivity index (χ1v) is 10.1. The Hall–Kier alpha value is -3.88. The van der Waals surface area contributed by atoms with Gasteiger partial charge in [0.25, 0.3) is 11.8 Å². The van der Waals surface area contributed by atoms with Crippen molar-refractivity contribution in [3.8, 4) is 17.3 Å². The van der Waals surface area contributed by atoms with Crippen LogP contribution in [-0.4, -0.2) is 30.6 Å². The van der Waals surface area contributed by atoms with Gasteiger partial charge in [-0.25, -0.2) is 14.4 Å². The molecule has 32 heavy (non-hydrogen) atoms. The van der Waals surface area contributed by atoms with E-state index in [-0.39, 0.29) is 28.9 Å². The van der Waals surface area contributed by atoms with Crippen LogP contribution < -0.4 is 5.32 Å². The average molecular weight is 434 g/mol. The fourth-order valence-electron chi connectivity index (χ4n) is 3.07. The van der Waals surface area contributed by atoms with Gasteiger partial charge in [0.05, 0.1) is 11.6 Å². The molecule has 1 N–H and O–H groups in total. The van der Waals surface area contributed by atoms with E-state index in [2.05, 4.69) is 25.4 Å². The molecule has 1 unspecified atom stereocenters. The molecule has 0 aliphatic heterocycles. The van der Waals surface area contributed by atoms with E-state index in [0.717, 1.165) is 5.56 Å². The molecule has 164 valence electrons. The third-order valence-electron chi connectivity index (χ3n) is 4.89. The number of pyridine rings is 1. The Labute approximate surface area is 184 Å². The lowest BCUT2D eigenvalue weighted by Crippen LogP contribution is -2.26. The lowest BCUT2D eigenvalue weighted by molar-refractivity contribution is 0.0935. The SMILES string of the molecule is CC(NC(=O)c1cn(-c2ncccc2-c2nc(C(C)(C)C)no2)cn1)c1ccc(F)cc1. The quantitative estimate of drug-likeness (QED) is 0.504. The van der Waals surface area contributed by atoms with Gasteiger partial charge < -0.3 is 9.84 Å². The number of nitrogens with one attached hydrogen (secondary N) is 1. The highest BCUT2D eigenvalue weighted by atomic mass is 19.1. The molecule has 3 aromatic heterocycles. The number of hydrogen-bond donors (Lipinski definition) is 1. The number of aromatic nitrogens is 5. The number of amides is 1. The monoisotopic (exact) mass is 434 g/mol. The van der Waals surface area contributed by atoms with E-state index in [9.17, 15) is 9.18 Å². The van der Waals surface area contributed by atoms with Crippen LogP contribution in [0.25, 0.3) is 17.3 Å². The zero-order chi connectivity index (χ0) is 22.9. The Balaban J connectivity index is 1.57. The molecule has 0 spiro atoms. The number of halogens is 1. The van der Waals surface area contributed by atoms with Crippen LogP contribution in [0.1, 0.15) is 55.6 Å². The number of benzene rings is 1. The second kappa shape index (κ2) is 8.33. The predicted octanol–water partition coefficient (Wildman–Crippen LogP) is 4.24. The number of imidazole rings is 1. The third-order valence-corrected chi connectivity index (χ3v) is 4.89. The van der Waals surface area contributed by atoms with Crippen molar-refractivity contribution < 1.29 is 13.7 Å². The van der Waals surface area contributed by atoms with Crippen molar-refractivity contribution in [1.29, 1.82) is 0 Å². The largest absolute Gasteiger partial charge is 0.344 e. The number of hydrogen-bond acceptors (Lipinski definition) is 6. The van der Waals surface area contributed by atoms with E-state index in [1.165, 1.54) is 18.5 Å². The van der Waals surface area contributed by atoms with E-state index >= 15 is 0 Å². The summed E-state index contributed by atoms with van der Waals surface area (Å²) in [6.07, 6.45) is 4.72. The highest BCUT2D eigenvalue weighted by Gasteiger charge is 2.23. The standard InChI is InChI=1S/C23H23FN6O2/c1-14(15-7-9-16(24)10-8-15)27-20(31)18-12-30(13-26-18)19-17(6-5-11-25-19)21-28-22(29-32-21)23(2,3)4/h5-14H,1-4H3,(H,27,31). The van der Waals surface area contributed by atoms with Gasteiger partial charge in [-0.15, -0.1) is 0 Å². The molecule has 9 heteroatoms. The Morgan fingerprint density at radius 2 is 1.91 bits per heavy atom. The first-order chi connectivity index (χ1) is 15.2. The smallest absolute Gasteiger partial charge is 0.271 e. The maximum Gasteiger partial charge on any atom is 0.271 e. The van der Waals surface area contributed by atoms with Crippen molar-refractivity contribution in [3.63, 3.8) is 0 Å². The van der Waals surface area contributed by atoms with Crippen molar-refractivity contribution in [2.45, 2.75) is 39.2 Å². The molecule has 0 saturated carbocycles. The van der Waals surface area contributed by atoms with Gasteiger partial charge in [0.1, 0.15) is 17.8 Å². The molecule has 0 bridgehead atoms. The average Bonchev–Trinajstić information content (AvgIpc) is 3.44. The molecule has 3 heterocycles. The zero-order valence-electron chi connectivity index (χ0n) is 18.2. The van der Waals surface area contributed by atoms with Crippen molar-refractivity contribution in [3.05, 3.63) is 78.0 Å². The molecule has 0 aliphatic rings. The summed E-state index contributed by atoms with van der Waals surface area (Å²) in [5, 5.41) is 6.94. The summed E-state index contributed by atoms with van der Waals surface area (Å²) in [4.78, 5) is 25.8. The summed E-state index contributed by atoms with van der Waals surface area (Å²) >= 11 is 0. The molecule has 4 aromatic rings. The van der Waals surface area contributed by atoms with Gasteiger partial charge in [0.15, 0.2) is 11.6 Å². The van der Waals surface area contributed by atoms with Crippen LogP contribution in [0.2, 0.25) is 0 Å². The normalized spacial score (nSPS) is 12.5. The molecular weight excluding hydrogens is 411 g/mol. The van der Waals surface area contributed by atoms with Gasteiger partial charge in [0, 0.05) is 17.8 Å². The lowest BCUT2D eigenvalue weighted by Gasteiger charge is -2.13. The lowest BCUT2D eigenvalue weighted by atomic mass is 9.96. The number of nitrogens with zero attached hydrogens (tertiary/aromatic N) is 5. The molecule has 1 aromatic carbocycles. The van der Waals surface area contributed by atoms with Crippen molar-refractivity contribution in [2.24, 2.45) is 0 Å². The molecular formula is C23H23FN6O2. The minimum Gasteiger partial charge on any atom is -0.344 e. The molecule has 0 radical (unpaired) electrons. The molecule has 0 aliphatic carbocycles. The van der Waals surface area contributed by atoms with E-state index in [0.29, 0.717) is 23.1 Å². The van der Waals surface area contributed by atoms with Gasteiger partial charge in [-0.3, -0.25) is 9.36 Å². The summed E-state index contributed by atoms with van der Waals surface area (Å²) in [6.45, 7) is 7.82. The fourth-order valence-corrected chi connectivity index (χ4v) is 3.07. The Bertz CT molecular complexity index is 1240. The van der Waals surface area contributed by atoms with Crippen LogP contribution in [0, 0.1) is 5.82 Å². The summed E-state index contributed by atoms with van der Waals surface area (Å²) in [6, 6.07) is 9.26. The minimum atomic E-state index is -0.356. The first-order valence-electron chi connectivity index (χ1n) is 10.1. The van der Waals surface area contributed by atoms with Gasteiger partial charge in [-0.1, -0.05) is 38.1 Å². The number of rotatable bonds is 5. The second-order valence-electron chi connectivity index (χ2n) is 8.46. The molecule has 1 atom stereocenters. The van der Waals surface area contributed by atoms with Crippen LogP contribution >= 0.6 is 0 Å². The summed E-state index contributed by atoms with van der Waals surface area (Å²) < 4.78 is 20.2. The van der Waals surface area contributed by atoms with Gasteiger partial charge in [-0.05, 0) is 36.8 Å².